The van der Waals surface area contributed by atoms with Gasteiger partial charge in [-0.1, -0.05) is 78.1 Å². The minimum absolute atomic E-state index is 0.214. The van der Waals surface area contributed by atoms with Gasteiger partial charge in [0, 0.05) is 0 Å². The standard InChI is InChI=1S/C18H38O4S/c1-3-5-7-10-13-17(19)14-11-8-12-16-18(23(20,21)22)15-9-6-4-2/h17-19H,3-16H2,1-2H3,(H,20,21,22). The fraction of sp³-hybridized carbons (Fsp3) is 1.00. The van der Waals surface area contributed by atoms with Crippen LogP contribution in [0.2, 0.25) is 0 Å². The Hall–Kier alpha value is -0.130. The largest absolute Gasteiger partial charge is 0.393 e. The molecule has 0 spiro atoms. The van der Waals surface area contributed by atoms with Crippen molar-refractivity contribution in [1.29, 1.82) is 0 Å². The van der Waals surface area contributed by atoms with Crippen molar-refractivity contribution in [3.05, 3.63) is 0 Å². The van der Waals surface area contributed by atoms with Crippen molar-refractivity contribution >= 4 is 10.1 Å². The summed E-state index contributed by atoms with van der Waals surface area (Å²) in [5, 5.41) is 9.29. The van der Waals surface area contributed by atoms with Crippen LogP contribution in [-0.2, 0) is 10.1 Å². The van der Waals surface area contributed by atoms with Crippen LogP contribution < -0.4 is 0 Å². The summed E-state index contributed by atoms with van der Waals surface area (Å²) in [6.45, 7) is 4.26. The fourth-order valence-corrected chi connectivity index (χ4v) is 3.87. The third-order valence-corrected chi connectivity index (χ3v) is 5.82. The molecule has 140 valence electrons. The zero-order chi connectivity index (χ0) is 17.6. The van der Waals surface area contributed by atoms with E-state index in [2.05, 4.69) is 13.8 Å². The molecule has 4 nitrogen and oxygen atoms in total. The smallest absolute Gasteiger partial charge is 0.267 e. The first kappa shape index (κ1) is 22.9. The average Bonchev–Trinajstić information content (AvgIpc) is 2.48. The Kier molecular flexibility index (Phi) is 14.2. The Labute approximate surface area is 143 Å². The van der Waals surface area contributed by atoms with E-state index in [9.17, 15) is 18.1 Å². The van der Waals surface area contributed by atoms with Gasteiger partial charge in [0.1, 0.15) is 0 Å². The molecular weight excluding hydrogens is 312 g/mol. The zero-order valence-electron chi connectivity index (χ0n) is 15.2. The van der Waals surface area contributed by atoms with Gasteiger partial charge in [0.15, 0.2) is 0 Å². The van der Waals surface area contributed by atoms with Crippen molar-refractivity contribution in [1.82, 2.24) is 0 Å². The molecule has 0 radical (unpaired) electrons. The Morgan fingerprint density at radius 3 is 1.57 bits per heavy atom. The number of rotatable bonds is 16. The molecular formula is C18H38O4S. The van der Waals surface area contributed by atoms with Gasteiger partial charge >= 0.3 is 0 Å². The summed E-state index contributed by atoms with van der Waals surface area (Å²) in [5.74, 6) is 0. The molecule has 23 heavy (non-hydrogen) atoms. The van der Waals surface area contributed by atoms with Gasteiger partial charge < -0.3 is 5.11 Å². The molecule has 0 aromatic carbocycles. The van der Waals surface area contributed by atoms with Crippen LogP contribution in [0.25, 0.3) is 0 Å². The van der Waals surface area contributed by atoms with E-state index in [1.54, 1.807) is 0 Å². The quantitative estimate of drug-likeness (QED) is 0.300. The number of unbranched alkanes of at least 4 members (excludes halogenated alkanes) is 7. The van der Waals surface area contributed by atoms with Crippen LogP contribution in [0.5, 0.6) is 0 Å². The van der Waals surface area contributed by atoms with E-state index in [4.69, 9.17) is 0 Å². The van der Waals surface area contributed by atoms with Crippen LogP contribution in [0.3, 0.4) is 0 Å². The van der Waals surface area contributed by atoms with Gasteiger partial charge in [-0.15, -0.1) is 0 Å². The summed E-state index contributed by atoms with van der Waals surface area (Å²) in [5.41, 5.74) is 0. The van der Waals surface area contributed by atoms with Gasteiger partial charge in [-0.05, 0) is 25.7 Å². The summed E-state index contributed by atoms with van der Waals surface area (Å²) >= 11 is 0. The molecule has 2 atom stereocenters. The number of hydrogen-bond acceptors (Lipinski definition) is 3. The van der Waals surface area contributed by atoms with E-state index < -0.39 is 15.4 Å². The topological polar surface area (TPSA) is 74.6 Å². The molecule has 0 fully saturated rings. The molecule has 0 saturated carbocycles. The number of aliphatic hydroxyl groups is 1. The lowest BCUT2D eigenvalue weighted by atomic mass is 10.0. The Balaban J connectivity index is 3.76. The fourth-order valence-electron chi connectivity index (χ4n) is 2.94. The maximum Gasteiger partial charge on any atom is 0.267 e. The van der Waals surface area contributed by atoms with Crippen molar-refractivity contribution in [2.45, 2.75) is 115 Å². The van der Waals surface area contributed by atoms with Crippen molar-refractivity contribution in [2.24, 2.45) is 0 Å². The Morgan fingerprint density at radius 2 is 1.09 bits per heavy atom. The molecule has 0 amide bonds. The lowest BCUT2D eigenvalue weighted by Crippen LogP contribution is -2.20. The normalized spacial score (nSPS) is 14.8. The van der Waals surface area contributed by atoms with Crippen molar-refractivity contribution in [3.8, 4) is 0 Å². The predicted molar refractivity (Wildman–Crippen MR) is 97.3 cm³/mol. The molecule has 2 unspecified atom stereocenters. The summed E-state index contributed by atoms with van der Waals surface area (Å²) in [7, 11) is -3.92. The molecule has 0 aliphatic heterocycles. The van der Waals surface area contributed by atoms with Gasteiger partial charge in [-0.3, -0.25) is 4.55 Å². The van der Waals surface area contributed by atoms with Crippen LogP contribution in [0.15, 0.2) is 0 Å². The maximum absolute atomic E-state index is 11.4. The summed E-state index contributed by atoms with van der Waals surface area (Å²) in [6, 6.07) is 0. The predicted octanol–water partition coefficient (Wildman–Crippen LogP) is 5.10. The molecule has 0 aliphatic rings. The van der Waals surface area contributed by atoms with Gasteiger partial charge in [0.2, 0.25) is 0 Å². The van der Waals surface area contributed by atoms with Crippen LogP contribution in [-0.4, -0.2) is 29.4 Å². The summed E-state index contributed by atoms with van der Waals surface area (Å²) in [6.07, 6.45) is 12.9. The first-order valence-electron chi connectivity index (χ1n) is 9.56. The molecule has 0 saturated heterocycles. The molecule has 0 heterocycles. The van der Waals surface area contributed by atoms with E-state index in [1.165, 1.54) is 19.3 Å². The van der Waals surface area contributed by atoms with E-state index in [0.717, 1.165) is 57.8 Å². The van der Waals surface area contributed by atoms with Crippen molar-refractivity contribution in [2.75, 3.05) is 0 Å². The lowest BCUT2D eigenvalue weighted by molar-refractivity contribution is 0.147. The minimum Gasteiger partial charge on any atom is -0.393 e. The first-order valence-corrected chi connectivity index (χ1v) is 11.1. The molecule has 0 aliphatic carbocycles. The Morgan fingerprint density at radius 1 is 0.696 bits per heavy atom. The monoisotopic (exact) mass is 350 g/mol. The molecule has 0 aromatic rings. The summed E-state index contributed by atoms with van der Waals surface area (Å²) in [4.78, 5) is 0. The minimum atomic E-state index is -3.92. The number of hydrogen-bond donors (Lipinski definition) is 2. The van der Waals surface area contributed by atoms with Crippen LogP contribution in [0, 0.1) is 0 Å². The van der Waals surface area contributed by atoms with E-state index in [-0.39, 0.29) is 6.10 Å². The maximum atomic E-state index is 11.4. The first-order chi connectivity index (χ1) is 10.9. The average molecular weight is 351 g/mol. The van der Waals surface area contributed by atoms with Crippen LogP contribution in [0.4, 0.5) is 0 Å². The van der Waals surface area contributed by atoms with Gasteiger partial charge in [0.05, 0.1) is 11.4 Å². The number of aliphatic hydroxyl groups excluding tert-OH is 1. The highest BCUT2D eigenvalue weighted by Gasteiger charge is 2.21. The Bertz CT molecular complexity index is 354. The lowest BCUT2D eigenvalue weighted by Gasteiger charge is -2.14. The van der Waals surface area contributed by atoms with Crippen molar-refractivity contribution in [3.63, 3.8) is 0 Å². The van der Waals surface area contributed by atoms with E-state index in [1.807, 2.05) is 0 Å². The molecule has 5 heteroatoms. The van der Waals surface area contributed by atoms with E-state index in [0.29, 0.717) is 12.8 Å². The highest BCUT2D eigenvalue weighted by atomic mass is 32.2. The third kappa shape index (κ3) is 14.0. The van der Waals surface area contributed by atoms with Gasteiger partial charge in [-0.25, -0.2) is 0 Å². The highest BCUT2D eigenvalue weighted by Crippen LogP contribution is 2.18. The van der Waals surface area contributed by atoms with E-state index >= 15 is 0 Å². The van der Waals surface area contributed by atoms with Crippen LogP contribution >= 0.6 is 0 Å². The third-order valence-electron chi connectivity index (χ3n) is 4.51. The van der Waals surface area contributed by atoms with Crippen LogP contribution in [0.1, 0.15) is 104 Å². The second kappa shape index (κ2) is 14.2. The molecule has 0 bridgehead atoms. The SMILES string of the molecule is CCCCCCC(O)CCCCCC(CCCCC)S(=O)(=O)O. The van der Waals surface area contributed by atoms with Gasteiger partial charge in [-0.2, -0.15) is 8.42 Å². The molecule has 0 aromatic heterocycles. The molecule has 0 rings (SSSR count). The summed E-state index contributed by atoms with van der Waals surface area (Å²) < 4.78 is 32.1. The zero-order valence-corrected chi connectivity index (χ0v) is 16.0. The molecule has 2 N–H and O–H groups in total. The van der Waals surface area contributed by atoms with Gasteiger partial charge in [0.25, 0.3) is 10.1 Å². The second-order valence-electron chi connectivity index (χ2n) is 6.77. The highest BCUT2D eigenvalue weighted by molar-refractivity contribution is 7.86. The van der Waals surface area contributed by atoms with Crippen molar-refractivity contribution < 1.29 is 18.1 Å². The second-order valence-corrected chi connectivity index (χ2v) is 8.47.